The molecule has 8 heteroatoms. The number of rotatable bonds is 8. The van der Waals surface area contributed by atoms with E-state index >= 15 is 0 Å². The van der Waals surface area contributed by atoms with E-state index in [2.05, 4.69) is 15.3 Å². The second kappa shape index (κ2) is 8.37. The van der Waals surface area contributed by atoms with Crippen LogP contribution in [0.5, 0.6) is 5.88 Å². The third-order valence-corrected chi connectivity index (χ3v) is 6.42. The molecule has 0 saturated heterocycles. The van der Waals surface area contributed by atoms with Gasteiger partial charge in [-0.3, -0.25) is 4.79 Å². The molecule has 1 aliphatic rings. The highest BCUT2D eigenvalue weighted by atomic mass is 35.5. The van der Waals surface area contributed by atoms with Crippen molar-refractivity contribution in [2.45, 2.75) is 25.8 Å². The first-order chi connectivity index (χ1) is 13.2. The Labute approximate surface area is 170 Å². The number of carbonyl (C=O) groups excluding carboxylic acids is 1. The summed E-state index contributed by atoms with van der Waals surface area (Å²) in [5, 5.41) is 5.71. The van der Waals surface area contributed by atoms with Crippen molar-refractivity contribution in [1.29, 1.82) is 0 Å². The summed E-state index contributed by atoms with van der Waals surface area (Å²) in [6.45, 7) is 1.18. The Morgan fingerprint density at radius 1 is 1.30 bits per heavy atom. The molecule has 0 bridgehead atoms. The van der Waals surface area contributed by atoms with E-state index in [0.29, 0.717) is 18.3 Å². The summed E-state index contributed by atoms with van der Waals surface area (Å²) in [6, 6.07) is 7.58. The zero-order valence-corrected chi connectivity index (χ0v) is 16.9. The highest BCUT2D eigenvalue weighted by Gasteiger charge is 2.22. The van der Waals surface area contributed by atoms with Crippen molar-refractivity contribution in [2.24, 2.45) is 5.92 Å². The number of aromatic nitrogens is 2. The maximum absolute atomic E-state index is 12.2. The number of thiazole rings is 1. The van der Waals surface area contributed by atoms with Gasteiger partial charge in [-0.1, -0.05) is 17.7 Å². The summed E-state index contributed by atoms with van der Waals surface area (Å²) < 4.78 is 6.35. The third kappa shape index (κ3) is 5.28. The molecule has 3 aromatic rings. The summed E-state index contributed by atoms with van der Waals surface area (Å²) in [7, 11) is 0. The molecular formula is C19H18ClN3O2S2. The summed E-state index contributed by atoms with van der Waals surface area (Å²) in [5.74, 6) is 1.28. The summed E-state index contributed by atoms with van der Waals surface area (Å²) in [5.41, 5.74) is 1.70. The van der Waals surface area contributed by atoms with Gasteiger partial charge in [-0.05, 0) is 36.5 Å². The van der Waals surface area contributed by atoms with Crippen LogP contribution in [0.25, 0.3) is 9.88 Å². The van der Waals surface area contributed by atoms with E-state index in [-0.39, 0.29) is 12.3 Å². The first kappa shape index (κ1) is 18.4. The molecule has 1 saturated carbocycles. The van der Waals surface area contributed by atoms with Gasteiger partial charge in [0.2, 0.25) is 11.8 Å². The third-order valence-electron chi connectivity index (χ3n) is 4.13. The van der Waals surface area contributed by atoms with Crippen LogP contribution in [0.3, 0.4) is 0 Å². The number of ether oxygens (including phenoxy) is 1. The van der Waals surface area contributed by atoms with E-state index in [1.807, 2.05) is 29.6 Å². The summed E-state index contributed by atoms with van der Waals surface area (Å²) in [4.78, 5) is 22.0. The van der Waals surface area contributed by atoms with E-state index in [4.69, 9.17) is 16.3 Å². The maximum atomic E-state index is 12.2. The molecule has 1 aliphatic carbocycles. The van der Waals surface area contributed by atoms with Crippen molar-refractivity contribution < 1.29 is 9.53 Å². The van der Waals surface area contributed by atoms with Gasteiger partial charge in [0, 0.05) is 24.2 Å². The number of hydrogen-bond donors (Lipinski definition) is 1. The minimum Gasteiger partial charge on any atom is -0.477 e. The Bertz CT molecular complexity index is 919. The van der Waals surface area contributed by atoms with Gasteiger partial charge in [0.1, 0.15) is 5.01 Å². The quantitative estimate of drug-likeness (QED) is 0.581. The highest BCUT2D eigenvalue weighted by Crippen LogP contribution is 2.33. The smallest absolute Gasteiger partial charge is 0.226 e. The van der Waals surface area contributed by atoms with Crippen LogP contribution in [-0.4, -0.2) is 22.5 Å². The number of nitrogens with zero attached hydrogens (tertiary/aromatic N) is 2. The van der Waals surface area contributed by atoms with Gasteiger partial charge in [0.25, 0.3) is 0 Å². The number of hydrogen-bond acceptors (Lipinski definition) is 6. The van der Waals surface area contributed by atoms with Crippen LogP contribution in [0, 0.1) is 5.92 Å². The van der Waals surface area contributed by atoms with Gasteiger partial charge in [-0.25, -0.2) is 9.97 Å². The Morgan fingerprint density at radius 3 is 2.89 bits per heavy atom. The Hall–Kier alpha value is -1.96. The molecule has 1 N–H and O–H groups in total. The molecule has 0 aliphatic heterocycles. The van der Waals surface area contributed by atoms with E-state index in [9.17, 15) is 4.79 Å². The molecular weight excluding hydrogens is 402 g/mol. The lowest BCUT2D eigenvalue weighted by atomic mass is 10.2. The lowest BCUT2D eigenvalue weighted by molar-refractivity contribution is -0.120. The van der Waals surface area contributed by atoms with Gasteiger partial charge in [0.15, 0.2) is 0 Å². The molecule has 1 amide bonds. The molecule has 3 heterocycles. The molecule has 5 nitrogen and oxygen atoms in total. The van der Waals surface area contributed by atoms with E-state index in [1.54, 1.807) is 6.20 Å². The predicted molar refractivity (Wildman–Crippen MR) is 108 cm³/mol. The average Bonchev–Trinajstić information content (AvgIpc) is 3.22. The topological polar surface area (TPSA) is 64.1 Å². The first-order valence-corrected chi connectivity index (χ1v) is 10.8. The molecule has 0 spiro atoms. The summed E-state index contributed by atoms with van der Waals surface area (Å²) >= 11 is 8.97. The number of carbonyl (C=O) groups is 1. The lowest BCUT2D eigenvalue weighted by Gasteiger charge is -2.06. The Kier molecular flexibility index (Phi) is 5.71. The predicted octanol–water partition coefficient (Wildman–Crippen LogP) is 4.57. The largest absolute Gasteiger partial charge is 0.477 e. The molecule has 0 unspecified atom stereocenters. The zero-order chi connectivity index (χ0) is 18.6. The zero-order valence-electron chi connectivity index (χ0n) is 14.5. The summed E-state index contributed by atoms with van der Waals surface area (Å²) in [6.07, 6.45) is 4.51. The van der Waals surface area contributed by atoms with Gasteiger partial charge < -0.3 is 10.1 Å². The van der Waals surface area contributed by atoms with E-state index < -0.39 is 0 Å². The highest BCUT2D eigenvalue weighted by molar-refractivity contribution is 7.23. The second-order valence-corrected chi connectivity index (χ2v) is 9.03. The van der Waals surface area contributed by atoms with Gasteiger partial charge >= 0.3 is 0 Å². The van der Waals surface area contributed by atoms with Crippen molar-refractivity contribution >= 4 is 40.2 Å². The van der Waals surface area contributed by atoms with Crippen molar-refractivity contribution in [3.8, 4) is 15.8 Å². The van der Waals surface area contributed by atoms with E-state index in [1.165, 1.54) is 35.5 Å². The maximum Gasteiger partial charge on any atom is 0.226 e. The SMILES string of the molecule is O=C(Cc1csc(-c2ccc(Cl)s2)n1)NCc1ccc(OCC2CC2)nc1. The van der Waals surface area contributed by atoms with Crippen LogP contribution in [0.1, 0.15) is 24.1 Å². The second-order valence-electron chi connectivity index (χ2n) is 6.46. The monoisotopic (exact) mass is 419 g/mol. The fraction of sp³-hybridized carbons (Fsp3) is 0.316. The first-order valence-electron chi connectivity index (χ1n) is 8.70. The van der Waals surface area contributed by atoms with Crippen molar-refractivity contribution in [2.75, 3.05) is 6.61 Å². The number of amides is 1. The molecule has 3 aromatic heterocycles. The minimum absolute atomic E-state index is 0.0647. The van der Waals surface area contributed by atoms with Gasteiger partial charge in [0.05, 0.1) is 27.9 Å². The Morgan fingerprint density at radius 2 is 2.19 bits per heavy atom. The van der Waals surface area contributed by atoms with Crippen LogP contribution in [0.2, 0.25) is 4.34 Å². The standard InChI is InChI=1S/C19H18ClN3O2S2/c20-16-5-4-15(27-16)19-23-14(11-26-19)7-17(24)21-8-13-3-6-18(22-9-13)25-10-12-1-2-12/h3-6,9,11-12H,1-2,7-8,10H2,(H,21,24). The van der Waals surface area contributed by atoms with E-state index in [0.717, 1.165) is 32.1 Å². The normalized spacial score (nSPS) is 13.5. The molecule has 0 radical (unpaired) electrons. The molecule has 1 fully saturated rings. The van der Waals surface area contributed by atoms with Crippen LogP contribution < -0.4 is 10.1 Å². The van der Waals surface area contributed by atoms with Crippen LogP contribution >= 0.6 is 34.3 Å². The van der Waals surface area contributed by atoms with Crippen LogP contribution in [0.4, 0.5) is 0 Å². The van der Waals surface area contributed by atoms with Crippen LogP contribution in [0.15, 0.2) is 35.8 Å². The minimum atomic E-state index is -0.0647. The molecule has 0 aromatic carbocycles. The molecule has 27 heavy (non-hydrogen) atoms. The molecule has 4 rings (SSSR count). The van der Waals surface area contributed by atoms with Crippen molar-refractivity contribution in [3.63, 3.8) is 0 Å². The van der Waals surface area contributed by atoms with Gasteiger partial charge in [-0.2, -0.15) is 0 Å². The van der Waals surface area contributed by atoms with Crippen molar-refractivity contribution in [3.05, 3.63) is 51.4 Å². The Balaban J connectivity index is 1.25. The number of halogens is 1. The molecule has 140 valence electrons. The fourth-order valence-corrected chi connectivity index (χ4v) is 4.38. The number of nitrogens with one attached hydrogen (secondary N) is 1. The number of thiophene rings is 1. The number of pyridine rings is 1. The lowest BCUT2D eigenvalue weighted by Crippen LogP contribution is -2.24. The van der Waals surface area contributed by atoms with Gasteiger partial charge in [-0.15, -0.1) is 22.7 Å². The fourth-order valence-electron chi connectivity index (χ4n) is 2.45. The average molecular weight is 420 g/mol. The molecule has 0 atom stereocenters. The van der Waals surface area contributed by atoms with Crippen LogP contribution in [-0.2, 0) is 17.8 Å². The van der Waals surface area contributed by atoms with Crippen molar-refractivity contribution in [1.82, 2.24) is 15.3 Å².